The van der Waals surface area contributed by atoms with Crippen molar-refractivity contribution in [3.63, 3.8) is 0 Å². The minimum atomic E-state index is -0.863. The van der Waals surface area contributed by atoms with Gasteiger partial charge in [0.1, 0.15) is 12.1 Å². The Bertz CT molecular complexity index is 490. The van der Waals surface area contributed by atoms with Crippen LogP contribution in [0.3, 0.4) is 0 Å². The number of nitrogens with zero attached hydrogens (tertiary/aromatic N) is 3. The molecule has 1 aromatic rings. The second-order valence-corrected chi connectivity index (χ2v) is 4.84. The molecule has 0 spiro atoms. The highest BCUT2D eigenvalue weighted by Crippen LogP contribution is 2.23. The maximum atomic E-state index is 12.2. The van der Waals surface area contributed by atoms with Crippen LogP contribution in [0.2, 0.25) is 0 Å². The standard InChI is InChI=1S/C11H16N4O2/c1-7-8(5-14(4)13-7)15-6-9(16)12-11(2,3)10(15)17/h5H,6H2,1-4H3,(H,12,16). The Morgan fingerprint density at radius 3 is 2.59 bits per heavy atom. The van der Waals surface area contributed by atoms with Crippen LogP contribution in [0.4, 0.5) is 5.69 Å². The second kappa shape index (κ2) is 3.58. The van der Waals surface area contributed by atoms with E-state index in [4.69, 9.17) is 0 Å². The monoisotopic (exact) mass is 236 g/mol. The molecule has 0 bridgehead atoms. The second-order valence-electron chi connectivity index (χ2n) is 4.84. The van der Waals surface area contributed by atoms with E-state index in [0.717, 1.165) is 5.69 Å². The van der Waals surface area contributed by atoms with Gasteiger partial charge in [-0.2, -0.15) is 5.10 Å². The van der Waals surface area contributed by atoms with Gasteiger partial charge in [0.05, 0.1) is 11.4 Å². The highest BCUT2D eigenvalue weighted by molar-refractivity contribution is 6.08. The van der Waals surface area contributed by atoms with E-state index in [1.165, 1.54) is 4.90 Å². The molecule has 0 atom stereocenters. The number of amides is 2. The summed E-state index contributed by atoms with van der Waals surface area (Å²) in [7, 11) is 1.79. The number of rotatable bonds is 1. The largest absolute Gasteiger partial charge is 0.341 e. The summed E-state index contributed by atoms with van der Waals surface area (Å²) in [5, 5.41) is 6.86. The Morgan fingerprint density at radius 2 is 2.06 bits per heavy atom. The summed E-state index contributed by atoms with van der Waals surface area (Å²) in [5.74, 6) is -0.272. The van der Waals surface area contributed by atoms with Gasteiger partial charge in [-0.3, -0.25) is 19.2 Å². The van der Waals surface area contributed by atoms with Gasteiger partial charge < -0.3 is 5.32 Å². The molecule has 1 N–H and O–H groups in total. The predicted molar refractivity (Wildman–Crippen MR) is 62.5 cm³/mol. The summed E-state index contributed by atoms with van der Waals surface area (Å²) in [4.78, 5) is 25.3. The molecular formula is C11H16N4O2. The van der Waals surface area contributed by atoms with Gasteiger partial charge in [-0.15, -0.1) is 0 Å². The lowest BCUT2D eigenvalue weighted by Crippen LogP contribution is -2.64. The predicted octanol–water partition coefficient (Wildman–Crippen LogP) is -0.0301. The van der Waals surface area contributed by atoms with E-state index in [1.54, 1.807) is 31.8 Å². The van der Waals surface area contributed by atoms with Gasteiger partial charge in [0.15, 0.2) is 0 Å². The average Bonchev–Trinajstić information content (AvgIpc) is 2.51. The van der Waals surface area contributed by atoms with Crippen LogP contribution in [-0.4, -0.2) is 33.7 Å². The van der Waals surface area contributed by atoms with E-state index in [1.807, 2.05) is 6.92 Å². The maximum Gasteiger partial charge on any atom is 0.252 e. The van der Waals surface area contributed by atoms with Gasteiger partial charge >= 0.3 is 0 Å². The van der Waals surface area contributed by atoms with Crippen molar-refractivity contribution in [3.8, 4) is 0 Å². The normalized spacial score (nSPS) is 19.4. The number of aryl methyl sites for hydroxylation is 2. The van der Waals surface area contributed by atoms with Crippen molar-refractivity contribution in [2.24, 2.45) is 7.05 Å². The molecule has 0 saturated carbocycles. The van der Waals surface area contributed by atoms with Crippen LogP contribution >= 0.6 is 0 Å². The minimum absolute atomic E-state index is 0.0504. The SMILES string of the molecule is Cc1nn(C)cc1N1CC(=O)NC(C)(C)C1=O. The molecule has 92 valence electrons. The van der Waals surface area contributed by atoms with Gasteiger partial charge in [0, 0.05) is 13.2 Å². The molecule has 0 unspecified atom stereocenters. The molecule has 0 aliphatic carbocycles. The van der Waals surface area contributed by atoms with Crippen LogP contribution in [0.25, 0.3) is 0 Å². The molecule has 0 aromatic carbocycles. The topological polar surface area (TPSA) is 67.2 Å². The number of carbonyl (C=O) groups excluding carboxylic acids is 2. The summed E-state index contributed by atoms with van der Waals surface area (Å²) in [6.07, 6.45) is 1.75. The smallest absolute Gasteiger partial charge is 0.252 e. The Hall–Kier alpha value is -1.85. The Morgan fingerprint density at radius 1 is 1.41 bits per heavy atom. The molecular weight excluding hydrogens is 220 g/mol. The van der Waals surface area contributed by atoms with Gasteiger partial charge in [-0.25, -0.2) is 0 Å². The van der Waals surface area contributed by atoms with Crippen LogP contribution in [-0.2, 0) is 16.6 Å². The first kappa shape index (κ1) is 11.6. The zero-order valence-corrected chi connectivity index (χ0v) is 10.4. The molecule has 6 heteroatoms. The van der Waals surface area contributed by atoms with Crippen molar-refractivity contribution < 1.29 is 9.59 Å². The zero-order chi connectivity index (χ0) is 12.8. The number of aromatic nitrogens is 2. The average molecular weight is 236 g/mol. The third kappa shape index (κ3) is 1.90. The molecule has 17 heavy (non-hydrogen) atoms. The number of piperazine rings is 1. The fourth-order valence-corrected chi connectivity index (χ4v) is 2.04. The van der Waals surface area contributed by atoms with Crippen LogP contribution in [0.15, 0.2) is 6.20 Å². The van der Waals surface area contributed by atoms with Gasteiger partial charge in [-0.05, 0) is 20.8 Å². The van der Waals surface area contributed by atoms with E-state index in [-0.39, 0.29) is 18.4 Å². The fourth-order valence-electron chi connectivity index (χ4n) is 2.04. The lowest BCUT2D eigenvalue weighted by molar-refractivity contribution is -0.134. The van der Waals surface area contributed by atoms with Crippen LogP contribution in [0.5, 0.6) is 0 Å². The first-order valence-electron chi connectivity index (χ1n) is 5.44. The lowest BCUT2D eigenvalue weighted by Gasteiger charge is -2.37. The molecule has 1 fully saturated rings. The molecule has 2 heterocycles. The summed E-state index contributed by atoms with van der Waals surface area (Å²) >= 11 is 0. The van der Waals surface area contributed by atoms with Gasteiger partial charge in [0.2, 0.25) is 5.91 Å². The van der Waals surface area contributed by atoms with Gasteiger partial charge in [-0.1, -0.05) is 0 Å². The van der Waals surface area contributed by atoms with E-state index < -0.39 is 5.54 Å². The van der Waals surface area contributed by atoms with E-state index in [2.05, 4.69) is 10.4 Å². The highest BCUT2D eigenvalue weighted by atomic mass is 16.2. The maximum absolute atomic E-state index is 12.2. The first-order chi connectivity index (χ1) is 7.81. The van der Waals surface area contributed by atoms with Crippen molar-refractivity contribution in [2.45, 2.75) is 26.3 Å². The molecule has 2 rings (SSSR count). The number of nitrogens with one attached hydrogen (secondary N) is 1. The quantitative estimate of drug-likeness (QED) is 0.744. The van der Waals surface area contributed by atoms with E-state index in [0.29, 0.717) is 5.69 Å². The van der Waals surface area contributed by atoms with Gasteiger partial charge in [0.25, 0.3) is 5.91 Å². The first-order valence-corrected chi connectivity index (χ1v) is 5.44. The Labute approximate surface area is 99.6 Å². The van der Waals surface area contributed by atoms with Crippen molar-refractivity contribution in [1.82, 2.24) is 15.1 Å². The molecule has 1 aliphatic rings. The summed E-state index contributed by atoms with van der Waals surface area (Å²) in [5.41, 5.74) is 0.573. The number of hydrogen-bond donors (Lipinski definition) is 1. The summed E-state index contributed by atoms with van der Waals surface area (Å²) in [6, 6.07) is 0. The third-order valence-corrected chi connectivity index (χ3v) is 2.81. The molecule has 1 saturated heterocycles. The summed E-state index contributed by atoms with van der Waals surface area (Å²) < 4.78 is 1.64. The molecule has 1 aliphatic heterocycles. The zero-order valence-electron chi connectivity index (χ0n) is 10.4. The van der Waals surface area contributed by atoms with Crippen molar-refractivity contribution in [1.29, 1.82) is 0 Å². The fraction of sp³-hybridized carbons (Fsp3) is 0.545. The Balaban J connectivity index is 2.41. The molecule has 2 amide bonds. The van der Waals surface area contributed by atoms with Crippen LogP contribution in [0, 0.1) is 6.92 Å². The Kier molecular flexibility index (Phi) is 2.45. The molecule has 0 radical (unpaired) electrons. The van der Waals surface area contributed by atoms with Crippen molar-refractivity contribution in [3.05, 3.63) is 11.9 Å². The van der Waals surface area contributed by atoms with Crippen molar-refractivity contribution in [2.75, 3.05) is 11.4 Å². The van der Waals surface area contributed by atoms with Crippen molar-refractivity contribution >= 4 is 17.5 Å². The van der Waals surface area contributed by atoms with Crippen LogP contribution in [0.1, 0.15) is 19.5 Å². The van der Waals surface area contributed by atoms with Crippen LogP contribution < -0.4 is 10.2 Å². The minimum Gasteiger partial charge on any atom is -0.341 e. The van der Waals surface area contributed by atoms with E-state index in [9.17, 15) is 9.59 Å². The lowest BCUT2D eigenvalue weighted by atomic mass is 10.00. The number of anilines is 1. The molecule has 6 nitrogen and oxygen atoms in total. The van der Waals surface area contributed by atoms with E-state index >= 15 is 0 Å². The molecule has 1 aromatic heterocycles. The third-order valence-electron chi connectivity index (χ3n) is 2.81. The number of carbonyl (C=O) groups is 2. The number of hydrogen-bond acceptors (Lipinski definition) is 3. The summed E-state index contributed by atoms with van der Waals surface area (Å²) in [6.45, 7) is 5.27. The highest BCUT2D eigenvalue weighted by Gasteiger charge is 2.40.